The second-order valence-electron chi connectivity index (χ2n) is 4.04. The van der Waals surface area contributed by atoms with Gasteiger partial charge in [0.1, 0.15) is 0 Å². The average Bonchev–Trinajstić information content (AvgIpc) is 2.41. The van der Waals surface area contributed by atoms with Gasteiger partial charge in [0.05, 0.1) is 0 Å². The largest absolute Gasteiger partial charge is 0.370 e. The van der Waals surface area contributed by atoms with Gasteiger partial charge < -0.3 is 16.0 Å². The summed E-state index contributed by atoms with van der Waals surface area (Å²) in [5, 5.41) is 2.68. The van der Waals surface area contributed by atoms with Crippen molar-refractivity contribution >= 4 is 23.5 Å². The first kappa shape index (κ1) is 15.3. The number of primary amides is 1. The number of carbonyl (C=O) groups excluding carboxylic acids is 2. The zero-order valence-electron chi connectivity index (χ0n) is 10.6. The molecule has 0 aromatic heterocycles. The van der Waals surface area contributed by atoms with Crippen LogP contribution in [-0.4, -0.2) is 35.8 Å². The van der Waals surface area contributed by atoms with E-state index in [0.29, 0.717) is 25.5 Å². The fraction of sp³-hybridized carbons (Fsp3) is 0.385. The molecule has 1 aromatic carbocycles. The molecule has 3 amide bonds. The summed E-state index contributed by atoms with van der Waals surface area (Å²) in [5.74, 6) is -0.0796. The molecule has 6 heteroatoms. The van der Waals surface area contributed by atoms with Crippen molar-refractivity contribution in [2.45, 2.75) is 13.0 Å². The predicted octanol–water partition coefficient (Wildman–Crippen LogP) is 1.31. The molecule has 19 heavy (non-hydrogen) atoms. The Labute approximate surface area is 117 Å². The van der Waals surface area contributed by atoms with E-state index in [1.807, 2.05) is 30.3 Å². The summed E-state index contributed by atoms with van der Waals surface area (Å²) in [6.07, 6.45) is 0.140. The third-order valence-electron chi connectivity index (χ3n) is 2.50. The lowest BCUT2D eigenvalue weighted by Gasteiger charge is -2.22. The van der Waals surface area contributed by atoms with Crippen LogP contribution in [0.5, 0.6) is 0 Å². The minimum Gasteiger partial charge on any atom is -0.370 e. The molecule has 0 atom stereocenters. The van der Waals surface area contributed by atoms with Crippen LogP contribution in [0.25, 0.3) is 0 Å². The van der Waals surface area contributed by atoms with Crippen molar-refractivity contribution in [1.29, 1.82) is 0 Å². The molecule has 0 heterocycles. The van der Waals surface area contributed by atoms with Crippen LogP contribution in [0.15, 0.2) is 30.3 Å². The molecule has 0 fully saturated rings. The fourth-order valence-electron chi connectivity index (χ4n) is 1.57. The Kier molecular flexibility index (Phi) is 6.74. The van der Waals surface area contributed by atoms with Crippen molar-refractivity contribution in [2.75, 3.05) is 19.0 Å². The average molecular weight is 284 g/mol. The molecule has 0 aliphatic rings. The van der Waals surface area contributed by atoms with Crippen LogP contribution in [0.4, 0.5) is 4.79 Å². The number of rotatable bonds is 7. The number of alkyl halides is 1. The maximum atomic E-state index is 11.9. The van der Waals surface area contributed by atoms with Crippen molar-refractivity contribution < 1.29 is 9.59 Å². The highest BCUT2D eigenvalue weighted by Crippen LogP contribution is 2.05. The van der Waals surface area contributed by atoms with Crippen molar-refractivity contribution in [1.82, 2.24) is 10.2 Å². The van der Waals surface area contributed by atoms with E-state index in [4.69, 9.17) is 17.3 Å². The summed E-state index contributed by atoms with van der Waals surface area (Å²) in [6, 6.07) is 9.31. The van der Waals surface area contributed by atoms with Gasteiger partial charge in [0.2, 0.25) is 5.91 Å². The number of amides is 3. The topological polar surface area (TPSA) is 75.4 Å². The number of urea groups is 1. The molecule has 0 saturated carbocycles. The van der Waals surface area contributed by atoms with Gasteiger partial charge in [-0.15, -0.1) is 11.6 Å². The number of nitrogens with one attached hydrogen (secondary N) is 1. The van der Waals surface area contributed by atoms with Crippen LogP contribution >= 0.6 is 11.6 Å². The number of halogens is 1. The predicted molar refractivity (Wildman–Crippen MR) is 74.8 cm³/mol. The van der Waals surface area contributed by atoms with E-state index in [1.54, 1.807) is 4.90 Å². The van der Waals surface area contributed by atoms with Gasteiger partial charge in [-0.2, -0.15) is 0 Å². The Bertz CT molecular complexity index is 412. The molecule has 0 unspecified atom stereocenters. The maximum absolute atomic E-state index is 11.9. The van der Waals surface area contributed by atoms with Gasteiger partial charge in [-0.05, 0) is 5.56 Å². The Balaban J connectivity index is 2.62. The number of nitrogens with zero attached hydrogens (tertiary/aromatic N) is 1. The first-order valence-corrected chi connectivity index (χ1v) is 6.58. The van der Waals surface area contributed by atoms with Crippen LogP contribution < -0.4 is 11.1 Å². The zero-order chi connectivity index (χ0) is 14.1. The monoisotopic (exact) mass is 283 g/mol. The summed E-state index contributed by atoms with van der Waals surface area (Å²) < 4.78 is 0. The number of nitrogens with two attached hydrogens (primary N) is 1. The minimum atomic E-state index is -0.428. The van der Waals surface area contributed by atoms with Gasteiger partial charge in [0.15, 0.2) is 0 Å². The smallest absolute Gasteiger partial charge is 0.317 e. The molecule has 104 valence electrons. The van der Waals surface area contributed by atoms with Crippen LogP contribution in [0.2, 0.25) is 0 Å². The molecule has 0 bridgehead atoms. The highest BCUT2D eigenvalue weighted by atomic mass is 35.5. The lowest BCUT2D eigenvalue weighted by Crippen LogP contribution is -2.41. The fourth-order valence-corrected chi connectivity index (χ4v) is 1.66. The first-order valence-electron chi connectivity index (χ1n) is 6.04. The molecule has 3 N–H and O–H groups in total. The summed E-state index contributed by atoms with van der Waals surface area (Å²) >= 11 is 5.53. The van der Waals surface area contributed by atoms with E-state index in [0.717, 1.165) is 5.56 Å². The third kappa shape index (κ3) is 6.10. The van der Waals surface area contributed by atoms with Gasteiger partial charge >= 0.3 is 6.03 Å². The lowest BCUT2D eigenvalue weighted by molar-refractivity contribution is -0.118. The van der Waals surface area contributed by atoms with Crippen LogP contribution in [0.1, 0.15) is 12.0 Å². The molecule has 0 spiro atoms. The van der Waals surface area contributed by atoms with Crippen molar-refractivity contribution in [2.24, 2.45) is 5.73 Å². The van der Waals surface area contributed by atoms with Crippen molar-refractivity contribution in [3.05, 3.63) is 35.9 Å². The van der Waals surface area contributed by atoms with Gasteiger partial charge in [0.25, 0.3) is 0 Å². The maximum Gasteiger partial charge on any atom is 0.317 e. The molecule has 1 aromatic rings. The quantitative estimate of drug-likeness (QED) is 0.741. The number of hydrogen-bond donors (Lipinski definition) is 2. The normalized spacial score (nSPS) is 9.95. The van der Waals surface area contributed by atoms with Gasteiger partial charge in [-0.25, -0.2) is 4.79 Å². The molecule has 1 rings (SSSR count). The summed E-state index contributed by atoms with van der Waals surface area (Å²) in [4.78, 5) is 24.3. The highest BCUT2D eigenvalue weighted by Gasteiger charge is 2.14. The second-order valence-corrected chi connectivity index (χ2v) is 4.42. The Morgan fingerprint density at radius 3 is 2.53 bits per heavy atom. The molecular weight excluding hydrogens is 266 g/mol. The molecule has 0 aliphatic carbocycles. The van der Waals surface area contributed by atoms with Crippen LogP contribution in [0, 0.1) is 0 Å². The zero-order valence-corrected chi connectivity index (χ0v) is 11.4. The summed E-state index contributed by atoms with van der Waals surface area (Å²) in [7, 11) is 0. The lowest BCUT2D eigenvalue weighted by atomic mass is 10.2. The Morgan fingerprint density at radius 1 is 1.26 bits per heavy atom. The molecule has 0 saturated heterocycles. The van der Waals surface area contributed by atoms with E-state index in [-0.39, 0.29) is 12.5 Å². The van der Waals surface area contributed by atoms with E-state index >= 15 is 0 Å². The molecule has 0 aliphatic heterocycles. The number of hydrogen-bond acceptors (Lipinski definition) is 2. The van der Waals surface area contributed by atoms with E-state index in [2.05, 4.69) is 5.32 Å². The summed E-state index contributed by atoms with van der Waals surface area (Å²) in [5.41, 5.74) is 6.11. The van der Waals surface area contributed by atoms with Crippen LogP contribution in [0.3, 0.4) is 0 Å². The number of carbonyl (C=O) groups is 2. The van der Waals surface area contributed by atoms with Gasteiger partial charge in [-0.3, -0.25) is 4.79 Å². The summed E-state index contributed by atoms with van der Waals surface area (Å²) in [6.45, 7) is 1.11. The molecule has 0 radical (unpaired) electrons. The van der Waals surface area contributed by atoms with E-state index in [9.17, 15) is 9.59 Å². The molecule has 5 nitrogen and oxygen atoms in total. The van der Waals surface area contributed by atoms with Gasteiger partial charge in [0, 0.05) is 31.9 Å². The Hall–Kier alpha value is -1.75. The number of benzene rings is 1. The SMILES string of the molecule is NC(=O)CCN(Cc1ccccc1)C(=O)NCCCl. The Morgan fingerprint density at radius 2 is 1.95 bits per heavy atom. The van der Waals surface area contributed by atoms with E-state index < -0.39 is 5.91 Å². The second kappa shape index (κ2) is 8.37. The third-order valence-corrected chi connectivity index (χ3v) is 2.69. The standard InChI is InChI=1S/C13H18ClN3O2/c14-7-8-16-13(19)17(9-6-12(15)18)10-11-4-2-1-3-5-11/h1-5H,6-10H2,(H2,15,18)(H,16,19). The van der Waals surface area contributed by atoms with Crippen molar-refractivity contribution in [3.63, 3.8) is 0 Å². The van der Waals surface area contributed by atoms with Crippen molar-refractivity contribution in [3.8, 4) is 0 Å². The van der Waals surface area contributed by atoms with Crippen LogP contribution in [-0.2, 0) is 11.3 Å². The minimum absolute atomic E-state index is 0.140. The van der Waals surface area contributed by atoms with E-state index in [1.165, 1.54) is 0 Å². The highest BCUT2D eigenvalue weighted by molar-refractivity contribution is 6.18. The first-order chi connectivity index (χ1) is 9.13. The van der Waals surface area contributed by atoms with Gasteiger partial charge in [-0.1, -0.05) is 30.3 Å². The molecular formula is C13H18ClN3O2.